The van der Waals surface area contributed by atoms with Gasteiger partial charge in [0.15, 0.2) is 0 Å². The predicted molar refractivity (Wildman–Crippen MR) is 51.8 cm³/mol. The first-order valence-electron chi connectivity index (χ1n) is 4.14. The Hall–Kier alpha value is -1.64. The minimum absolute atomic E-state index is 0.113. The van der Waals surface area contributed by atoms with Gasteiger partial charge in [0, 0.05) is 0 Å². The molecule has 0 atom stereocenters. The predicted octanol–water partition coefficient (Wildman–Crippen LogP) is 1.54. The SMILES string of the molecule is Cc1ccc2nc(C)c(=O)[nH]c2c1. The minimum Gasteiger partial charge on any atom is -0.319 e. The number of benzene rings is 1. The molecule has 1 aromatic carbocycles. The van der Waals surface area contributed by atoms with Gasteiger partial charge in [-0.3, -0.25) is 4.79 Å². The fraction of sp³-hybridized carbons (Fsp3) is 0.200. The fourth-order valence-electron chi connectivity index (χ4n) is 1.29. The molecule has 2 rings (SSSR count). The van der Waals surface area contributed by atoms with E-state index >= 15 is 0 Å². The number of nitrogens with zero attached hydrogens (tertiary/aromatic N) is 1. The molecule has 13 heavy (non-hydrogen) atoms. The van der Waals surface area contributed by atoms with E-state index in [2.05, 4.69) is 9.97 Å². The summed E-state index contributed by atoms with van der Waals surface area (Å²) in [5.41, 5.74) is 3.15. The molecule has 0 aliphatic heterocycles. The zero-order chi connectivity index (χ0) is 9.42. The summed E-state index contributed by atoms with van der Waals surface area (Å²) < 4.78 is 0. The van der Waals surface area contributed by atoms with Gasteiger partial charge in [0.2, 0.25) is 0 Å². The van der Waals surface area contributed by atoms with Crippen LogP contribution in [0.5, 0.6) is 0 Å². The summed E-state index contributed by atoms with van der Waals surface area (Å²) in [4.78, 5) is 18.2. The van der Waals surface area contributed by atoms with Crippen LogP contribution in [0.25, 0.3) is 11.0 Å². The van der Waals surface area contributed by atoms with Crippen molar-refractivity contribution in [3.8, 4) is 0 Å². The van der Waals surface area contributed by atoms with Crippen molar-refractivity contribution in [3.05, 3.63) is 39.8 Å². The Morgan fingerprint density at radius 3 is 2.85 bits per heavy atom. The van der Waals surface area contributed by atoms with E-state index < -0.39 is 0 Å². The van der Waals surface area contributed by atoms with Crippen LogP contribution in [0.3, 0.4) is 0 Å². The van der Waals surface area contributed by atoms with Crippen molar-refractivity contribution in [2.75, 3.05) is 0 Å². The third-order valence-corrected chi connectivity index (χ3v) is 2.02. The number of hydrogen-bond donors (Lipinski definition) is 1. The van der Waals surface area contributed by atoms with Crippen LogP contribution in [0.2, 0.25) is 0 Å². The van der Waals surface area contributed by atoms with Gasteiger partial charge in [-0.25, -0.2) is 4.98 Å². The molecule has 0 aliphatic rings. The Kier molecular flexibility index (Phi) is 1.65. The van der Waals surface area contributed by atoms with E-state index in [1.54, 1.807) is 6.92 Å². The van der Waals surface area contributed by atoms with E-state index in [1.165, 1.54) is 0 Å². The lowest BCUT2D eigenvalue weighted by molar-refractivity contribution is 1.12. The van der Waals surface area contributed by atoms with Crippen molar-refractivity contribution in [3.63, 3.8) is 0 Å². The van der Waals surface area contributed by atoms with E-state index in [9.17, 15) is 4.79 Å². The molecular formula is C10H10N2O. The highest BCUT2D eigenvalue weighted by atomic mass is 16.1. The highest BCUT2D eigenvalue weighted by molar-refractivity contribution is 5.74. The van der Waals surface area contributed by atoms with Gasteiger partial charge in [-0.2, -0.15) is 0 Å². The summed E-state index contributed by atoms with van der Waals surface area (Å²) in [5.74, 6) is 0. The van der Waals surface area contributed by atoms with Gasteiger partial charge < -0.3 is 4.98 Å². The van der Waals surface area contributed by atoms with Crippen LogP contribution in [-0.4, -0.2) is 9.97 Å². The molecule has 0 unspecified atom stereocenters. The molecule has 1 aromatic heterocycles. The second-order valence-corrected chi connectivity index (χ2v) is 3.17. The summed E-state index contributed by atoms with van der Waals surface area (Å²) in [6.07, 6.45) is 0. The fourth-order valence-corrected chi connectivity index (χ4v) is 1.29. The zero-order valence-electron chi connectivity index (χ0n) is 7.59. The van der Waals surface area contributed by atoms with Crippen LogP contribution in [0.4, 0.5) is 0 Å². The first-order valence-corrected chi connectivity index (χ1v) is 4.14. The van der Waals surface area contributed by atoms with Crippen LogP contribution in [0, 0.1) is 13.8 Å². The van der Waals surface area contributed by atoms with Gasteiger partial charge in [0.25, 0.3) is 5.56 Å². The van der Waals surface area contributed by atoms with Crippen LogP contribution in [0.15, 0.2) is 23.0 Å². The van der Waals surface area contributed by atoms with Crippen molar-refractivity contribution in [2.24, 2.45) is 0 Å². The number of hydrogen-bond acceptors (Lipinski definition) is 2. The van der Waals surface area contributed by atoms with Crippen molar-refractivity contribution in [1.82, 2.24) is 9.97 Å². The molecule has 0 fully saturated rings. The van der Waals surface area contributed by atoms with Crippen molar-refractivity contribution < 1.29 is 0 Å². The van der Waals surface area contributed by atoms with Gasteiger partial charge in [-0.15, -0.1) is 0 Å². The number of H-pyrrole nitrogens is 1. The van der Waals surface area contributed by atoms with Crippen molar-refractivity contribution in [1.29, 1.82) is 0 Å². The lowest BCUT2D eigenvalue weighted by atomic mass is 10.2. The lowest BCUT2D eigenvalue weighted by Gasteiger charge is -1.99. The molecule has 3 nitrogen and oxygen atoms in total. The molecule has 66 valence electrons. The highest BCUT2D eigenvalue weighted by Crippen LogP contribution is 2.09. The lowest BCUT2D eigenvalue weighted by Crippen LogP contribution is -2.11. The van der Waals surface area contributed by atoms with Gasteiger partial charge >= 0.3 is 0 Å². The summed E-state index contributed by atoms with van der Waals surface area (Å²) >= 11 is 0. The third-order valence-electron chi connectivity index (χ3n) is 2.02. The average molecular weight is 174 g/mol. The maximum Gasteiger partial charge on any atom is 0.269 e. The summed E-state index contributed by atoms with van der Waals surface area (Å²) in [5, 5.41) is 0. The second-order valence-electron chi connectivity index (χ2n) is 3.17. The Morgan fingerprint density at radius 1 is 1.31 bits per heavy atom. The number of rotatable bonds is 0. The molecule has 0 amide bonds. The van der Waals surface area contributed by atoms with Gasteiger partial charge in [-0.05, 0) is 31.5 Å². The van der Waals surface area contributed by atoms with Crippen molar-refractivity contribution in [2.45, 2.75) is 13.8 Å². The van der Waals surface area contributed by atoms with Crippen molar-refractivity contribution >= 4 is 11.0 Å². The monoisotopic (exact) mass is 174 g/mol. The molecule has 0 radical (unpaired) electrons. The molecule has 0 bridgehead atoms. The van der Waals surface area contributed by atoms with E-state index in [1.807, 2.05) is 25.1 Å². The molecule has 0 spiro atoms. The average Bonchev–Trinajstić information content (AvgIpc) is 2.08. The molecule has 2 aromatic rings. The normalized spacial score (nSPS) is 10.6. The van der Waals surface area contributed by atoms with E-state index in [0.717, 1.165) is 16.6 Å². The molecule has 0 saturated carbocycles. The largest absolute Gasteiger partial charge is 0.319 e. The quantitative estimate of drug-likeness (QED) is 0.658. The maximum atomic E-state index is 11.2. The number of aromatic amines is 1. The van der Waals surface area contributed by atoms with Crippen LogP contribution in [-0.2, 0) is 0 Å². The standard InChI is InChI=1S/C10H10N2O/c1-6-3-4-8-9(5-6)12-10(13)7(2)11-8/h3-5H,1-2H3,(H,12,13). The first-order chi connectivity index (χ1) is 6.16. The first kappa shape index (κ1) is 7.98. The van der Waals surface area contributed by atoms with Crippen LogP contribution >= 0.6 is 0 Å². The molecule has 0 aliphatic carbocycles. The third kappa shape index (κ3) is 1.33. The van der Waals surface area contributed by atoms with Crippen LogP contribution in [0.1, 0.15) is 11.3 Å². The van der Waals surface area contributed by atoms with E-state index in [4.69, 9.17) is 0 Å². The number of nitrogens with one attached hydrogen (secondary N) is 1. The second kappa shape index (κ2) is 2.69. The number of fused-ring (bicyclic) bond motifs is 1. The minimum atomic E-state index is -0.113. The molecule has 3 heteroatoms. The molecule has 1 N–H and O–H groups in total. The van der Waals surface area contributed by atoms with E-state index in [0.29, 0.717) is 5.69 Å². The Morgan fingerprint density at radius 2 is 2.08 bits per heavy atom. The molecule has 1 heterocycles. The Balaban J connectivity index is 2.89. The Labute approximate surface area is 75.4 Å². The number of aromatic nitrogens is 2. The topological polar surface area (TPSA) is 45.8 Å². The molecular weight excluding hydrogens is 164 g/mol. The summed E-state index contributed by atoms with van der Waals surface area (Å²) in [6, 6.07) is 5.81. The van der Waals surface area contributed by atoms with Gasteiger partial charge in [0.1, 0.15) is 5.69 Å². The summed E-state index contributed by atoms with van der Waals surface area (Å²) in [7, 11) is 0. The summed E-state index contributed by atoms with van der Waals surface area (Å²) in [6.45, 7) is 3.69. The van der Waals surface area contributed by atoms with Gasteiger partial charge in [0.05, 0.1) is 11.0 Å². The maximum absolute atomic E-state index is 11.2. The molecule has 0 saturated heterocycles. The zero-order valence-corrected chi connectivity index (χ0v) is 7.59. The highest BCUT2D eigenvalue weighted by Gasteiger charge is 1.99. The smallest absolute Gasteiger partial charge is 0.269 e. The van der Waals surface area contributed by atoms with Crippen LogP contribution < -0.4 is 5.56 Å². The number of aryl methyl sites for hydroxylation is 2. The Bertz CT molecular complexity index is 514. The van der Waals surface area contributed by atoms with E-state index in [-0.39, 0.29) is 5.56 Å². The van der Waals surface area contributed by atoms with Gasteiger partial charge in [-0.1, -0.05) is 6.07 Å².